The molecule has 1 aromatic rings. The van der Waals surface area contributed by atoms with Crippen LogP contribution in [0.5, 0.6) is 0 Å². The van der Waals surface area contributed by atoms with Gasteiger partial charge in [0, 0.05) is 25.0 Å². The lowest BCUT2D eigenvalue weighted by Crippen LogP contribution is -2.48. The average molecular weight is 359 g/mol. The van der Waals surface area contributed by atoms with E-state index in [-0.39, 0.29) is 35.5 Å². The van der Waals surface area contributed by atoms with E-state index in [0.29, 0.717) is 19.6 Å². The highest BCUT2D eigenvalue weighted by atomic mass is 35.5. The van der Waals surface area contributed by atoms with E-state index in [9.17, 15) is 9.18 Å². The number of halogens is 2. The van der Waals surface area contributed by atoms with Crippen LogP contribution in [0.25, 0.3) is 0 Å². The first-order valence-electron chi connectivity index (χ1n) is 8.26. The van der Waals surface area contributed by atoms with Gasteiger partial charge in [-0.1, -0.05) is 19.1 Å². The summed E-state index contributed by atoms with van der Waals surface area (Å²) in [5.74, 6) is -0.426. The van der Waals surface area contributed by atoms with Crippen molar-refractivity contribution in [3.8, 4) is 0 Å². The van der Waals surface area contributed by atoms with Crippen molar-refractivity contribution in [1.82, 2.24) is 10.6 Å². The largest absolute Gasteiger partial charge is 0.384 e. The van der Waals surface area contributed by atoms with Gasteiger partial charge in [-0.15, -0.1) is 12.4 Å². The number of nitrogens with one attached hydrogen (secondary N) is 2. The fourth-order valence-electron chi connectivity index (χ4n) is 3.19. The van der Waals surface area contributed by atoms with Crippen molar-refractivity contribution in [2.24, 2.45) is 11.3 Å². The molecule has 2 N–H and O–H groups in total. The molecule has 0 radical (unpaired) electrons. The molecule has 6 heteroatoms. The molecular weight excluding hydrogens is 331 g/mol. The predicted molar refractivity (Wildman–Crippen MR) is 95.9 cm³/mol. The summed E-state index contributed by atoms with van der Waals surface area (Å²) in [5.41, 5.74) is 0.870. The van der Waals surface area contributed by atoms with Crippen LogP contribution in [0, 0.1) is 17.2 Å². The van der Waals surface area contributed by atoms with Crippen molar-refractivity contribution in [1.29, 1.82) is 0 Å². The molecule has 1 atom stereocenters. The summed E-state index contributed by atoms with van der Waals surface area (Å²) in [6.07, 6.45) is 2.54. The molecule has 24 heavy (non-hydrogen) atoms. The standard InChI is InChI=1S/C18H27FN2O2.ClH/c1-14(10-15-4-3-5-16(19)11-15)17(22)21-12-18(13-23-2)6-8-20-9-7-18;/h3-5,11,14,20H,6-10,12-13H2,1-2H3,(H,21,22);1H. The minimum atomic E-state index is -0.260. The summed E-state index contributed by atoms with van der Waals surface area (Å²) < 4.78 is 18.6. The molecule has 0 saturated carbocycles. The number of rotatable bonds is 7. The number of hydrogen-bond acceptors (Lipinski definition) is 3. The third kappa shape index (κ3) is 6.04. The molecule has 0 bridgehead atoms. The van der Waals surface area contributed by atoms with Gasteiger partial charge in [0.25, 0.3) is 0 Å². The first kappa shape index (κ1) is 20.9. The third-order valence-corrected chi connectivity index (χ3v) is 4.63. The molecule has 1 aliphatic rings. The lowest BCUT2D eigenvalue weighted by atomic mass is 9.79. The van der Waals surface area contributed by atoms with E-state index in [1.54, 1.807) is 13.2 Å². The van der Waals surface area contributed by atoms with Gasteiger partial charge in [-0.3, -0.25) is 4.79 Å². The zero-order valence-corrected chi connectivity index (χ0v) is 15.3. The van der Waals surface area contributed by atoms with Gasteiger partial charge in [-0.25, -0.2) is 4.39 Å². The topological polar surface area (TPSA) is 50.4 Å². The maximum atomic E-state index is 13.2. The predicted octanol–water partition coefficient (Wildman–Crippen LogP) is 2.56. The third-order valence-electron chi connectivity index (χ3n) is 4.63. The van der Waals surface area contributed by atoms with Crippen molar-refractivity contribution in [3.05, 3.63) is 35.6 Å². The van der Waals surface area contributed by atoms with E-state index < -0.39 is 0 Å². The maximum absolute atomic E-state index is 13.2. The van der Waals surface area contributed by atoms with Crippen LogP contribution in [-0.2, 0) is 16.0 Å². The zero-order chi connectivity index (χ0) is 16.7. The van der Waals surface area contributed by atoms with E-state index in [4.69, 9.17) is 4.74 Å². The van der Waals surface area contributed by atoms with Gasteiger partial charge in [0.1, 0.15) is 5.82 Å². The lowest BCUT2D eigenvalue weighted by Gasteiger charge is -2.37. The molecule has 136 valence electrons. The Bertz CT molecular complexity index is 516. The first-order valence-corrected chi connectivity index (χ1v) is 8.26. The van der Waals surface area contributed by atoms with Gasteiger partial charge < -0.3 is 15.4 Å². The second-order valence-corrected chi connectivity index (χ2v) is 6.64. The highest BCUT2D eigenvalue weighted by Crippen LogP contribution is 2.28. The van der Waals surface area contributed by atoms with Crippen LogP contribution >= 0.6 is 12.4 Å². The molecule has 0 spiro atoms. The number of piperidine rings is 1. The van der Waals surface area contributed by atoms with Gasteiger partial charge in [0.05, 0.1) is 6.61 Å². The number of hydrogen-bond donors (Lipinski definition) is 2. The Morgan fingerprint density at radius 1 is 1.42 bits per heavy atom. The number of carbonyl (C=O) groups excluding carboxylic acids is 1. The molecule has 1 amide bonds. The molecule has 0 aromatic heterocycles. The van der Waals surface area contributed by atoms with E-state index in [1.165, 1.54) is 12.1 Å². The average Bonchev–Trinajstić information content (AvgIpc) is 2.54. The molecule has 1 fully saturated rings. The Hall–Kier alpha value is -1.17. The summed E-state index contributed by atoms with van der Waals surface area (Å²) in [6, 6.07) is 6.44. The van der Waals surface area contributed by atoms with Gasteiger partial charge >= 0.3 is 0 Å². The van der Waals surface area contributed by atoms with Crippen molar-refractivity contribution in [2.45, 2.75) is 26.2 Å². The van der Waals surface area contributed by atoms with E-state index in [2.05, 4.69) is 10.6 Å². The maximum Gasteiger partial charge on any atom is 0.223 e. The monoisotopic (exact) mass is 358 g/mol. The Morgan fingerprint density at radius 3 is 2.75 bits per heavy atom. The van der Waals surface area contributed by atoms with Crippen LogP contribution in [0.4, 0.5) is 4.39 Å². The van der Waals surface area contributed by atoms with Crippen molar-refractivity contribution in [2.75, 3.05) is 33.4 Å². The number of benzene rings is 1. The smallest absolute Gasteiger partial charge is 0.223 e. The molecule has 1 unspecified atom stereocenters. The second-order valence-electron chi connectivity index (χ2n) is 6.64. The lowest BCUT2D eigenvalue weighted by molar-refractivity contribution is -0.125. The molecule has 1 aromatic carbocycles. The number of methoxy groups -OCH3 is 1. The summed E-state index contributed by atoms with van der Waals surface area (Å²) in [7, 11) is 1.71. The number of ether oxygens (including phenoxy) is 1. The van der Waals surface area contributed by atoms with Crippen LogP contribution < -0.4 is 10.6 Å². The molecule has 0 aliphatic carbocycles. The van der Waals surface area contributed by atoms with Crippen LogP contribution in [0.15, 0.2) is 24.3 Å². The Kier molecular flexibility index (Phi) is 8.67. The van der Waals surface area contributed by atoms with Gasteiger partial charge in [-0.2, -0.15) is 0 Å². The molecule has 2 rings (SSSR count). The summed E-state index contributed by atoms with van der Waals surface area (Å²) in [4.78, 5) is 12.4. The first-order chi connectivity index (χ1) is 11.0. The Labute approximate surface area is 149 Å². The highest BCUT2D eigenvalue weighted by molar-refractivity contribution is 5.85. The molecule has 1 heterocycles. The summed E-state index contributed by atoms with van der Waals surface area (Å²) >= 11 is 0. The van der Waals surface area contributed by atoms with E-state index >= 15 is 0 Å². The highest BCUT2D eigenvalue weighted by Gasteiger charge is 2.32. The fraction of sp³-hybridized carbons (Fsp3) is 0.611. The number of amides is 1. The molecular formula is C18H28ClFN2O2. The summed E-state index contributed by atoms with van der Waals surface area (Å²) in [6.45, 7) is 5.09. The Balaban J connectivity index is 0.00000288. The minimum Gasteiger partial charge on any atom is -0.384 e. The number of carbonyl (C=O) groups is 1. The second kappa shape index (κ2) is 9.97. The molecule has 1 aliphatic heterocycles. The van der Waals surface area contributed by atoms with Gasteiger partial charge in [-0.05, 0) is 50.0 Å². The summed E-state index contributed by atoms with van der Waals surface area (Å²) in [5, 5.41) is 6.41. The van der Waals surface area contributed by atoms with Crippen molar-refractivity contribution in [3.63, 3.8) is 0 Å². The van der Waals surface area contributed by atoms with Gasteiger partial charge in [0.2, 0.25) is 5.91 Å². The molecule has 1 saturated heterocycles. The molecule has 4 nitrogen and oxygen atoms in total. The van der Waals surface area contributed by atoms with Crippen molar-refractivity contribution < 1.29 is 13.9 Å². The minimum absolute atomic E-state index is 0. The van der Waals surface area contributed by atoms with E-state index in [1.807, 2.05) is 13.0 Å². The van der Waals surface area contributed by atoms with E-state index in [0.717, 1.165) is 31.5 Å². The van der Waals surface area contributed by atoms with Crippen LogP contribution in [-0.4, -0.2) is 39.3 Å². The van der Waals surface area contributed by atoms with Crippen LogP contribution in [0.3, 0.4) is 0 Å². The SMILES string of the molecule is COCC1(CNC(=O)C(C)Cc2cccc(F)c2)CCNCC1.Cl. The van der Waals surface area contributed by atoms with Crippen molar-refractivity contribution >= 4 is 18.3 Å². The van der Waals surface area contributed by atoms with Crippen LogP contribution in [0.1, 0.15) is 25.3 Å². The fourth-order valence-corrected chi connectivity index (χ4v) is 3.19. The normalized spacial score (nSPS) is 17.6. The zero-order valence-electron chi connectivity index (χ0n) is 14.4. The Morgan fingerprint density at radius 2 is 2.12 bits per heavy atom. The van der Waals surface area contributed by atoms with Gasteiger partial charge in [0.15, 0.2) is 0 Å². The van der Waals surface area contributed by atoms with Crippen LogP contribution in [0.2, 0.25) is 0 Å². The quantitative estimate of drug-likeness (QED) is 0.787.